The zero-order valence-electron chi connectivity index (χ0n) is 11.3. The Balaban J connectivity index is 1.82. The maximum atomic E-state index is 10.9. The summed E-state index contributed by atoms with van der Waals surface area (Å²) in [6, 6.07) is 7.35. The third kappa shape index (κ3) is 3.70. The van der Waals surface area contributed by atoms with Crippen LogP contribution in [0.15, 0.2) is 24.3 Å². The van der Waals surface area contributed by atoms with Crippen LogP contribution in [0, 0.1) is 0 Å². The highest BCUT2D eigenvalue weighted by Crippen LogP contribution is 2.19. The summed E-state index contributed by atoms with van der Waals surface area (Å²) in [6.07, 6.45) is 3.74. The van der Waals surface area contributed by atoms with Crippen molar-refractivity contribution in [3.05, 3.63) is 29.8 Å². The fourth-order valence-corrected chi connectivity index (χ4v) is 2.65. The maximum absolute atomic E-state index is 10.9. The molecule has 0 spiro atoms. The van der Waals surface area contributed by atoms with Gasteiger partial charge in [-0.15, -0.1) is 0 Å². The largest absolute Gasteiger partial charge is 0.492 e. The molecule has 0 radical (unpaired) electrons. The Morgan fingerprint density at radius 3 is 3.11 bits per heavy atom. The number of benzene rings is 1. The second kappa shape index (κ2) is 6.57. The summed E-state index contributed by atoms with van der Waals surface area (Å²) in [4.78, 5) is 13.3. The fourth-order valence-electron chi connectivity index (χ4n) is 2.65. The van der Waals surface area contributed by atoms with Crippen molar-refractivity contribution in [1.29, 1.82) is 0 Å². The molecule has 0 aliphatic carbocycles. The van der Waals surface area contributed by atoms with Crippen LogP contribution in [-0.2, 0) is 0 Å². The van der Waals surface area contributed by atoms with E-state index in [1.165, 1.54) is 19.3 Å². The molecule has 1 heterocycles. The lowest BCUT2D eigenvalue weighted by molar-refractivity contribution is 0.0696. The van der Waals surface area contributed by atoms with Crippen molar-refractivity contribution in [3.63, 3.8) is 0 Å². The summed E-state index contributed by atoms with van der Waals surface area (Å²) < 4.78 is 5.65. The summed E-state index contributed by atoms with van der Waals surface area (Å²) in [5.74, 6) is -0.289. The van der Waals surface area contributed by atoms with Crippen LogP contribution in [-0.4, -0.2) is 41.7 Å². The minimum Gasteiger partial charge on any atom is -0.492 e. The van der Waals surface area contributed by atoms with E-state index in [-0.39, 0.29) is 5.56 Å². The average Bonchev–Trinajstić information content (AvgIpc) is 2.86. The molecule has 4 nitrogen and oxygen atoms in total. The Kier molecular flexibility index (Phi) is 4.80. The number of carboxylic acid groups (broad SMARTS) is 1. The summed E-state index contributed by atoms with van der Waals surface area (Å²) in [6.45, 7) is 4.90. The van der Waals surface area contributed by atoms with Crippen molar-refractivity contribution in [3.8, 4) is 5.75 Å². The van der Waals surface area contributed by atoms with Gasteiger partial charge in [-0.1, -0.05) is 13.0 Å². The summed E-state index contributed by atoms with van der Waals surface area (Å²) in [7, 11) is 0. The number of rotatable bonds is 6. The van der Waals surface area contributed by atoms with E-state index in [9.17, 15) is 4.79 Å². The zero-order chi connectivity index (χ0) is 13.7. The van der Waals surface area contributed by atoms with E-state index in [2.05, 4.69) is 11.8 Å². The normalized spacial score (nSPS) is 19.5. The highest BCUT2D eigenvalue weighted by molar-refractivity contribution is 5.87. The third-order valence-electron chi connectivity index (χ3n) is 3.70. The van der Waals surface area contributed by atoms with E-state index in [1.807, 2.05) is 0 Å². The number of hydrogen-bond acceptors (Lipinski definition) is 3. The Hall–Kier alpha value is -1.55. The number of likely N-dealkylation sites (tertiary alicyclic amines) is 1. The highest BCUT2D eigenvalue weighted by atomic mass is 16.5. The molecule has 19 heavy (non-hydrogen) atoms. The predicted octanol–water partition coefficient (Wildman–Crippen LogP) is 2.64. The van der Waals surface area contributed by atoms with Crippen LogP contribution < -0.4 is 4.74 Å². The second-order valence-electron chi connectivity index (χ2n) is 4.92. The van der Waals surface area contributed by atoms with Crippen LogP contribution in [0.3, 0.4) is 0 Å². The van der Waals surface area contributed by atoms with Gasteiger partial charge in [-0.25, -0.2) is 4.79 Å². The SMILES string of the molecule is CCC1CCCN1CCOc1cccc(C(=O)O)c1. The van der Waals surface area contributed by atoms with Gasteiger partial charge < -0.3 is 9.84 Å². The van der Waals surface area contributed by atoms with Crippen LogP contribution in [0.5, 0.6) is 5.75 Å². The van der Waals surface area contributed by atoms with Crippen LogP contribution in [0.2, 0.25) is 0 Å². The summed E-state index contributed by atoms with van der Waals surface area (Å²) >= 11 is 0. The first-order valence-electron chi connectivity index (χ1n) is 6.91. The summed E-state index contributed by atoms with van der Waals surface area (Å²) in [5.41, 5.74) is 0.269. The molecular weight excluding hydrogens is 242 g/mol. The molecule has 0 saturated carbocycles. The van der Waals surface area contributed by atoms with Crippen LogP contribution in [0.25, 0.3) is 0 Å². The molecule has 1 unspecified atom stereocenters. The minimum absolute atomic E-state index is 0.269. The molecule has 1 N–H and O–H groups in total. The van der Waals surface area contributed by atoms with E-state index in [4.69, 9.17) is 9.84 Å². The van der Waals surface area contributed by atoms with E-state index in [0.717, 1.165) is 13.1 Å². The predicted molar refractivity (Wildman–Crippen MR) is 73.8 cm³/mol. The number of carbonyl (C=O) groups is 1. The van der Waals surface area contributed by atoms with Gasteiger partial charge in [0.05, 0.1) is 5.56 Å². The lowest BCUT2D eigenvalue weighted by atomic mass is 10.2. The molecule has 1 saturated heterocycles. The van der Waals surface area contributed by atoms with Crippen molar-refractivity contribution < 1.29 is 14.6 Å². The monoisotopic (exact) mass is 263 g/mol. The summed E-state index contributed by atoms with van der Waals surface area (Å²) in [5, 5.41) is 8.91. The standard InChI is InChI=1S/C15H21NO3/c1-2-13-6-4-8-16(13)9-10-19-14-7-3-5-12(11-14)15(17)18/h3,5,7,11,13H,2,4,6,8-10H2,1H3,(H,17,18). The Labute approximate surface area is 114 Å². The number of hydrogen-bond donors (Lipinski definition) is 1. The highest BCUT2D eigenvalue weighted by Gasteiger charge is 2.22. The van der Waals surface area contributed by atoms with Gasteiger partial charge in [0.2, 0.25) is 0 Å². The van der Waals surface area contributed by atoms with Gasteiger partial charge in [0.1, 0.15) is 12.4 Å². The molecule has 4 heteroatoms. The molecule has 1 atom stereocenters. The lowest BCUT2D eigenvalue weighted by Gasteiger charge is -2.23. The zero-order valence-corrected chi connectivity index (χ0v) is 11.3. The molecule has 0 amide bonds. The maximum Gasteiger partial charge on any atom is 0.335 e. The molecule has 1 aromatic carbocycles. The first-order valence-corrected chi connectivity index (χ1v) is 6.91. The van der Waals surface area contributed by atoms with Crippen LogP contribution in [0.4, 0.5) is 0 Å². The van der Waals surface area contributed by atoms with Gasteiger partial charge in [-0.3, -0.25) is 4.90 Å². The molecule has 2 rings (SSSR count). The molecule has 1 aliphatic heterocycles. The van der Waals surface area contributed by atoms with Gasteiger partial charge >= 0.3 is 5.97 Å². The fraction of sp³-hybridized carbons (Fsp3) is 0.533. The van der Waals surface area contributed by atoms with Gasteiger partial charge in [-0.05, 0) is 44.0 Å². The molecule has 1 aromatic rings. The van der Waals surface area contributed by atoms with Crippen LogP contribution >= 0.6 is 0 Å². The Bertz CT molecular complexity index is 433. The molecule has 0 bridgehead atoms. The number of nitrogens with zero attached hydrogens (tertiary/aromatic N) is 1. The lowest BCUT2D eigenvalue weighted by Crippen LogP contribution is -2.32. The topological polar surface area (TPSA) is 49.8 Å². The number of ether oxygens (including phenoxy) is 1. The first kappa shape index (κ1) is 13.9. The molecular formula is C15H21NO3. The number of aromatic carboxylic acids is 1. The Morgan fingerprint density at radius 1 is 1.53 bits per heavy atom. The molecule has 0 aromatic heterocycles. The van der Waals surface area contributed by atoms with E-state index < -0.39 is 5.97 Å². The van der Waals surface area contributed by atoms with E-state index in [1.54, 1.807) is 24.3 Å². The molecule has 104 valence electrons. The van der Waals surface area contributed by atoms with E-state index >= 15 is 0 Å². The smallest absolute Gasteiger partial charge is 0.335 e. The van der Waals surface area contributed by atoms with Gasteiger partial charge in [0, 0.05) is 12.6 Å². The molecule has 1 aliphatic rings. The average molecular weight is 263 g/mol. The van der Waals surface area contributed by atoms with Crippen LogP contribution in [0.1, 0.15) is 36.5 Å². The van der Waals surface area contributed by atoms with Crippen molar-refractivity contribution in [2.24, 2.45) is 0 Å². The quantitative estimate of drug-likeness (QED) is 0.857. The minimum atomic E-state index is -0.920. The van der Waals surface area contributed by atoms with E-state index in [0.29, 0.717) is 18.4 Å². The van der Waals surface area contributed by atoms with Gasteiger partial charge in [0.25, 0.3) is 0 Å². The van der Waals surface area contributed by atoms with Crippen molar-refractivity contribution in [1.82, 2.24) is 4.90 Å². The van der Waals surface area contributed by atoms with Gasteiger partial charge in [0.15, 0.2) is 0 Å². The second-order valence-corrected chi connectivity index (χ2v) is 4.92. The Morgan fingerprint density at radius 2 is 2.37 bits per heavy atom. The van der Waals surface area contributed by atoms with Crippen molar-refractivity contribution in [2.45, 2.75) is 32.2 Å². The number of carboxylic acids is 1. The van der Waals surface area contributed by atoms with Crippen molar-refractivity contribution >= 4 is 5.97 Å². The molecule has 1 fully saturated rings. The van der Waals surface area contributed by atoms with Crippen molar-refractivity contribution in [2.75, 3.05) is 19.7 Å². The third-order valence-corrected chi connectivity index (χ3v) is 3.70. The van der Waals surface area contributed by atoms with Gasteiger partial charge in [-0.2, -0.15) is 0 Å². The first-order chi connectivity index (χ1) is 9.20.